The highest BCUT2D eigenvalue weighted by atomic mass is 16.2. The molecule has 0 aromatic heterocycles. The Morgan fingerprint density at radius 3 is 2.57 bits per heavy atom. The summed E-state index contributed by atoms with van der Waals surface area (Å²) < 4.78 is 0. The highest BCUT2D eigenvalue weighted by molar-refractivity contribution is 6.03. The van der Waals surface area contributed by atoms with Crippen LogP contribution in [-0.4, -0.2) is 17.9 Å². The van der Waals surface area contributed by atoms with E-state index in [9.17, 15) is 9.59 Å². The van der Waals surface area contributed by atoms with Crippen LogP contribution in [-0.2, 0) is 4.79 Å². The molecule has 3 aliphatic rings. The molecule has 23 heavy (non-hydrogen) atoms. The zero-order valence-electron chi connectivity index (χ0n) is 13.4. The van der Waals surface area contributed by atoms with Crippen LogP contribution < -0.4 is 10.6 Å². The second-order valence-corrected chi connectivity index (χ2v) is 7.48. The Morgan fingerprint density at radius 1 is 1.04 bits per heavy atom. The van der Waals surface area contributed by atoms with Crippen molar-refractivity contribution < 1.29 is 9.59 Å². The highest BCUT2D eigenvalue weighted by Crippen LogP contribution is 2.49. The van der Waals surface area contributed by atoms with Gasteiger partial charge < -0.3 is 10.6 Å². The molecule has 2 amide bonds. The Labute approximate surface area is 137 Å². The van der Waals surface area contributed by atoms with Crippen molar-refractivity contribution in [1.29, 1.82) is 0 Å². The minimum atomic E-state index is -0.0803. The van der Waals surface area contributed by atoms with Gasteiger partial charge in [0.25, 0.3) is 5.91 Å². The summed E-state index contributed by atoms with van der Waals surface area (Å²) in [6.07, 6.45) is 7.89. The van der Waals surface area contributed by atoms with Crippen LogP contribution in [0.5, 0.6) is 0 Å². The van der Waals surface area contributed by atoms with Gasteiger partial charge in [-0.15, -0.1) is 0 Å². The van der Waals surface area contributed by atoms with Crippen LogP contribution in [0.25, 0.3) is 0 Å². The minimum Gasteiger partial charge on any atom is -0.349 e. The van der Waals surface area contributed by atoms with Gasteiger partial charge in [-0.05, 0) is 62.0 Å². The summed E-state index contributed by atoms with van der Waals surface area (Å²) in [6.45, 7) is 0. The summed E-state index contributed by atoms with van der Waals surface area (Å²) in [5.41, 5.74) is 1.21. The summed E-state index contributed by atoms with van der Waals surface area (Å²) in [5, 5.41) is 5.96. The second kappa shape index (κ2) is 5.99. The van der Waals surface area contributed by atoms with Gasteiger partial charge >= 0.3 is 0 Å². The van der Waals surface area contributed by atoms with Gasteiger partial charge in [-0.1, -0.05) is 18.6 Å². The van der Waals surface area contributed by atoms with E-state index in [0.717, 1.165) is 24.7 Å². The van der Waals surface area contributed by atoms with Crippen LogP contribution in [0.1, 0.15) is 55.3 Å². The van der Waals surface area contributed by atoms with Gasteiger partial charge in [0.15, 0.2) is 0 Å². The molecule has 1 aromatic rings. The highest BCUT2D eigenvalue weighted by Gasteiger charge is 2.40. The van der Waals surface area contributed by atoms with Crippen LogP contribution in [0.3, 0.4) is 0 Å². The third kappa shape index (κ3) is 3.26. The molecule has 4 heteroatoms. The lowest BCUT2D eigenvalue weighted by Crippen LogP contribution is -2.27. The Balaban J connectivity index is 1.39. The van der Waals surface area contributed by atoms with E-state index in [1.165, 1.54) is 25.7 Å². The van der Waals surface area contributed by atoms with Gasteiger partial charge in [-0.2, -0.15) is 0 Å². The molecule has 0 heterocycles. The molecule has 3 fully saturated rings. The molecule has 122 valence electrons. The summed E-state index contributed by atoms with van der Waals surface area (Å²) >= 11 is 0. The van der Waals surface area contributed by atoms with Crippen molar-refractivity contribution in [2.24, 2.45) is 17.8 Å². The molecule has 1 aromatic carbocycles. The molecule has 2 bridgehead atoms. The number of hydrogen-bond donors (Lipinski definition) is 2. The van der Waals surface area contributed by atoms with Crippen molar-refractivity contribution in [3.05, 3.63) is 29.8 Å². The van der Waals surface area contributed by atoms with E-state index in [-0.39, 0.29) is 11.8 Å². The SMILES string of the molecule is O=C(C[C@@H]1C[C@H]2CC[C@H]1C2)Nc1ccccc1C(=O)NC1CC1. The first-order chi connectivity index (χ1) is 11.2. The van der Waals surface area contributed by atoms with Gasteiger partial charge in [0.2, 0.25) is 5.91 Å². The molecule has 0 spiro atoms. The molecule has 4 rings (SSSR count). The average Bonchev–Trinajstić information content (AvgIpc) is 3.10. The van der Waals surface area contributed by atoms with Crippen molar-refractivity contribution in [3.8, 4) is 0 Å². The summed E-state index contributed by atoms with van der Waals surface area (Å²) in [6, 6.07) is 7.63. The molecule has 0 saturated heterocycles. The van der Waals surface area contributed by atoms with Gasteiger partial charge in [0, 0.05) is 12.5 Å². The van der Waals surface area contributed by atoms with Crippen molar-refractivity contribution >= 4 is 17.5 Å². The number of hydrogen-bond acceptors (Lipinski definition) is 2. The fourth-order valence-electron chi connectivity index (χ4n) is 4.35. The zero-order valence-corrected chi connectivity index (χ0v) is 13.4. The number of carbonyl (C=O) groups is 2. The smallest absolute Gasteiger partial charge is 0.253 e. The third-order valence-electron chi connectivity index (χ3n) is 5.69. The minimum absolute atomic E-state index is 0.0502. The predicted octanol–water partition coefficient (Wildman–Crippen LogP) is 3.34. The Morgan fingerprint density at radius 2 is 1.87 bits per heavy atom. The molecule has 2 N–H and O–H groups in total. The van der Waals surface area contributed by atoms with E-state index in [1.807, 2.05) is 18.2 Å². The summed E-state index contributed by atoms with van der Waals surface area (Å²) in [5.74, 6) is 2.12. The fourth-order valence-corrected chi connectivity index (χ4v) is 4.35. The monoisotopic (exact) mass is 312 g/mol. The molecule has 0 unspecified atom stereocenters. The van der Waals surface area contributed by atoms with Gasteiger partial charge in [-0.25, -0.2) is 0 Å². The number of nitrogens with one attached hydrogen (secondary N) is 2. The van der Waals surface area contributed by atoms with E-state index in [0.29, 0.717) is 29.6 Å². The lowest BCUT2D eigenvalue weighted by Gasteiger charge is -2.21. The molecule has 0 radical (unpaired) electrons. The number of anilines is 1. The number of benzene rings is 1. The maximum absolute atomic E-state index is 12.4. The fraction of sp³-hybridized carbons (Fsp3) is 0.579. The lowest BCUT2D eigenvalue weighted by molar-refractivity contribution is -0.117. The van der Waals surface area contributed by atoms with Crippen LogP contribution in [0.2, 0.25) is 0 Å². The molecule has 3 saturated carbocycles. The number of amides is 2. The Hall–Kier alpha value is -1.84. The first-order valence-electron chi connectivity index (χ1n) is 8.89. The van der Waals surface area contributed by atoms with Crippen molar-refractivity contribution in [2.45, 2.75) is 51.0 Å². The predicted molar refractivity (Wildman–Crippen MR) is 89.1 cm³/mol. The second-order valence-electron chi connectivity index (χ2n) is 7.48. The third-order valence-corrected chi connectivity index (χ3v) is 5.69. The summed E-state index contributed by atoms with van der Waals surface area (Å²) in [7, 11) is 0. The lowest BCUT2D eigenvalue weighted by atomic mass is 9.86. The van der Waals surface area contributed by atoms with Crippen LogP contribution in [0.4, 0.5) is 5.69 Å². The van der Waals surface area contributed by atoms with Crippen molar-refractivity contribution in [2.75, 3.05) is 5.32 Å². The van der Waals surface area contributed by atoms with Crippen LogP contribution in [0.15, 0.2) is 24.3 Å². The standard InChI is InChI=1S/C19H24N2O2/c22-18(11-14-10-12-5-6-13(14)9-12)21-17-4-2-1-3-16(17)19(23)20-15-7-8-15/h1-4,12-15H,5-11H2,(H,20,23)(H,21,22)/t12-,13-,14-/m0/s1. The van der Waals surface area contributed by atoms with Crippen molar-refractivity contribution in [1.82, 2.24) is 5.32 Å². The number of fused-ring (bicyclic) bond motifs is 2. The number of carbonyl (C=O) groups excluding carboxylic acids is 2. The number of rotatable bonds is 5. The average molecular weight is 312 g/mol. The molecule has 0 aliphatic heterocycles. The van der Waals surface area contributed by atoms with E-state index in [2.05, 4.69) is 10.6 Å². The molecule has 4 nitrogen and oxygen atoms in total. The quantitative estimate of drug-likeness (QED) is 0.876. The molecule has 3 atom stereocenters. The summed E-state index contributed by atoms with van der Waals surface area (Å²) in [4.78, 5) is 24.7. The van der Waals surface area contributed by atoms with Gasteiger partial charge in [0.1, 0.15) is 0 Å². The largest absolute Gasteiger partial charge is 0.349 e. The maximum atomic E-state index is 12.4. The number of para-hydroxylation sites is 1. The van der Waals surface area contributed by atoms with E-state index >= 15 is 0 Å². The van der Waals surface area contributed by atoms with Gasteiger partial charge in [-0.3, -0.25) is 9.59 Å². The van der Waals surface area contributed by atoms with E-state index < -0.39 is 0 Å². The maximum Gasteiger partial charge on any atom is 0.253 e. The van der Waals surface area contributed by atoms with Crippen LogP contribution >= 0.6 is 0 Å². The molecule has 3 aliphatic carbocycles. The van der Waals surface area contributed by atoms with Crippen LogP contribution in [0, 0.1) is 17.8 Å². The van der Waals surface area contributed by atoms with E-state index in [4.69, 9.17) is 0 Å². The van der Waals surface area contributed by atoms with Gasteiger partial charge in [0.05, 0.1) is 11.3 Å². The molecular formula is C19H24N2O2. The van der Waals surface area contributed by atoms with Crippen molar-refractivity contribution in [3.63, 3.8) is 0 Å². The Bertz CT molecular complexity index is 624. The first kappa shape index (κ1) is 14.7. The molecular weight excluding hydrogens is 288 g/mol. The Kier molecular flexibility index (Phi) is 3.83. The zero-order chi connectivity index (χ0) is 15.8. The topological polar surface area (TPSA) is 58.2 Å². The van der Waals surface area contributed by atoms with E-state index in [1.54, 1.807) is 6.07 Å². The first-order valence-corrected chi connectivity index (χ1v) is 8.89. The normalized spacial score (nSPS) is 28.6.